The van der Waals surface area contributed by atoms with Crippen LogP contribution in [0.15, 0.2) is 48.8 Å². The summed E-state index contributed by atoms with van der Waals surface area (Å²) >= 11 is 0. The smallest absolute Gasteiger partial charge is 0.231 e. The lowest BCUT2D eigenvalue weighted by Gasteiger charge is -2.30. The Labute approximate surface area is 199 Å². The fraction of sp³-hybridized carbons (Fsp3) is 0.385. The Kier molecular flexibility index (Phi) is 6.15. The molecule has 1 saturated heterocycles. The van der Waals surface area contributed by atoms with Crippen molar-refractivity contribution in [1.82, 2.24) is 15.1 Å². The first-order valence-electron chi connectivity index (χ1n) is 11.7. The maximum atomic E-state index is 13.3. The number of fused-ring (bicyclic) bond motifs is 1. The van der Waals surface area contributed by atoms with Crippen LogP contribution < -0.4 is 19.7 Å². The van der Waals surface area contributed by atoms with Crippen LogP contribution in [0, 0.1) is 5.92 Å². The van der Waals surface area contributed by atoms with Crippen LogP contribution in [0.5, 0.6) is 11.5 Å². The topological polar surface area (TPSA) is 82.7 Å². The number of benzene rings is 2. The molecule has 8 nitrogen and oxygen atoms in total. The summed E-state index contributed by atoms with van der Waals surface area (Å²) in [6.07, 6.45) is 5.40. The van der Waals surface area contributed by atoms with Crippen molar-refractivity contribution in [3.63, 3.8) is 0 Å². The zero-order chi connectivity index (χ0) is 23.7. The van der Waals surface area contributed by atoms with E-state index in [2.05, 4.69) is 45.5 Å². The highest BCUT2D eigenvalue weighted by molar-refractivity contribution is 5.97. The molecule has 5 rings (SSSR count). The lowest BCUT2D eigenvalue weighted by molar-refractivity contribution is -0.121. The van der Waals surface area contributed by atoms with Crippen LogP contribution in [-0.2, 0) is 11.2 Å². The van der Waals surface area contributed by atoms with Crippen LogP contribution in [0.3, 0.4) is 0 Å². The summed E-state index contributed by atoms with van der Waals surface area (Å²) in [6, 6.07) is 12.3. The van der Waals surface area contributed by atoms with Crippen molar-refractivity contribution >= 4 is 17.3 Å². The maximum Gasteiger partial charge on any atom is 0.231 e. The molecule has 1 aromatic heterocycles. The number of rotatable bonds is 6. The first-order valence-corrected chi connectivity index (χ1v) is 11.7. The standard InChI is InChI=1S/C26H31N5O3/c1-30-9-8-21(15-30)31(2)24-12-17(20-13-27-28-14-20)4-6-23(24)29-26(32)19-10-18-11-22(33-3)5-7-25(18)34-16-19/h4-7,11-14,19,21H,8-10,15-16H2,1-3H3,(H,27,28)(H,29,32). The number of hydrogen-bond acceptors (Lipinski definition) is 6. The first kappa shape index (κ1) is 22.3. The van der Waals surface area contributed by atoms with Crippen molar-refractivity contribution in [2.75, 3.05) is 51.1 Å². The molecule has 3 heterocycles. The van der Waals surface area contributed by atoms with E-state index in [1.165, 1.54) is 0 Å². The fourth-order valence-corrected chi connectivity index (χ4v) is 4.84. The predicted molar refractivity (Wildman–Crippen MR) is 133 cm³/mol. The Balaban J connectivity index is 1.39. The first-order chi connectivity index (χ1) is 16.5. The van der Waals surface area contributed by atoms with Crippen molar-refractivity contribution in [1.29, 1.82) is 0 Å². The van der Waals surface area contributed by atoms with Crippen molar-refractivity contribution in [3.8, 4) is 22.6 Å². The molecule has 2 unspecified atom stereocenters. The third-order valence-corrected chi connectivity index (χ3v) is 6.93. The number of H-pyrrole nitrogens is 1. The Morgan fingerprint density at radius 1 is 1.26 bits per heavy atom. The van der Waals surface area contributed by atoms with E-state index in [1.54, 1.807) is 7.11 Å². The second-order valence-corrected chi connectivity index (χ2v) is 9.21. The summed E-state index contributed by atoms with van der Waals surface area (Å²) in [5, 5.41) is 10.2. The fourth-order valence-electron chi connectivity index (χ4n) is 4.84. The lowest BCUT2D eigenvalue weighted by Crippen LogP contribution is -2.36. The number of likely N-dealkylation sites (tertiary alicyclic amines) is 1. The number of ether oxygens (including phenoxy) is 2. The van der Waals surface area contributed by atoms with Gasteiger partial charge in [0.1, 0.15) is 18.1 Å². The molecule has 0 radical (unpaired) electrons. The third-order valence-electron chi connectivity index (χ3n) is 6.93. The second-order valence-electron chi connectivity index (χ2n) is 9.21. The van der Waals surface area contributed by atoms with E-state index < -0.39 is 0 Å². The van der Waals surface area contributed by atoms with Crippen LogP contribution in [0.2, 0.25) is 0 Å². The number of aromatic nitrogens is 2. The van der Waals surface area contributed by atoms with Gasteiger partial charge in [-0.05, 0) is 67.9 Å². The van der Waals surface area contributed by atoms with E-state index >= 15 is 0 Å². The van der Waals surface area contributed by atoms with Gasteiger partial charge in [0.05, 0.1) is 30.6 Å². The van der Waals surface area contributed by atoms with Crippen LogP contribution in [0.25, 0.3) is 11.1 Å². The monoisotopic (exact) mass is 461 g/mol. The number of anilines is 2. The van der Waals surface area contributed by atoms with Crippen LogP contribution in [-0.4, -0.2) is 67.9 Å². The number of amides is 1. The number of hydrogen-bond donors (Lipinski definition) is 2. The largest absolute Gasteiger partial charge is 0.497 e. The molecule has 0 saturated carbocycles. The van der Waals surface area contributed by atoms with Crippen LogP contribution in [0.4, 0.5) is 11.4 Å². The van der Waals surface area contributed by atoms with Gasteiger partial charge in [0, 0.05) is 31.4 Å². The SMILES string of the molecule is COc1ccc2c(c1)CC(C(=O)Nc1ccc(-c3cn[nH]c3)cc1N(C)C1CCN(C)C1)CO2. The summed E-state index contributed by atoms with van der Waals surface area (Å²) in [6.45, 7) is 2.42. The number of likely N-dealkylation sites (N-methyl/N-ethyl adjacent to an activating group) is 2. The van der Waals surface area contributed by atoms with E-state index in [-0.39, 0.29) is 11.8 Å². The normalized spacial score (nSPS) is 19.9. The molecule has 178 valence electrons. The number of aromatic amines is 1. The average molecular weight is 462 g/mol. The Hall–Kier alpha value is -3.52. The molecular weight excluding hydrogens is 430 g/mol. The van der Waals surface area contributed by atoms with Crippen LogP contribution >= 0.6 is 0 Å². The molecule has 0 spiro atoms. The average Bonchev–Trinajstić information content (AvgIpc) is 3.55. The van der Waals surface area contributed by atoms with Crippen LogP contribution in [0.1, 0.15) is 12.0 Å². The third kappa shape index (κ3) is 4.46. The maximum absolute atomic E-state index is 13.3. The van der Waals surface area contributed by atoms with Gasteiger partial charge in [0.15, 0.2) is 0 Å². The van der Waals surface area contributed by atoms with Crippen molar-refractivity contribution in [2.24, 2.45) is 5.92 Å². The van der Waals surface area contributed by atoms with E-state index in [0.717, 1.165) is 59.1 Å². The van der Waals surface area contributed by atoms with Gasteiger partial charge in [-0.25, -0.2) is 0 Å². The highest BCUT2D eigenvalue weighted by Crippen LogP contribution is 2.35. The Morgan fingerprint density at radius 3 is 2.88 bits per heavy atom. The minimum Gasteiger partial charge on any atom is -0.497 e. The molecule has 2 N–H and O–H groups in total. The summed E-state index contributed by atoms with van der Waals surface area (Å²) in [5.74, 6) is 1.27. The minimum atomic E-state index is -0.274. The highest BCUT2D eigenvalue weighted by Gasteiger charge is 2.29. The molecule has 8 heteroatoms. The van der Waals surface area contributed by atoms with Crippen molar-refractivity contribution in [3.05, 3.63) is 54.4 Å². The highest BCUT2D eigenvalue weighted by atomic mass is 16.5. The van der Waals surface area contributed by atoms with E-state index in [0.29, 0.717) is 19.1 Å². The zero-order valence-electron chi connectivity index (χ0n) is 19.9. The molecule has 2 aliphatic heterocycles. The Bertz CT molecular complexity index is 1160. The molecule has 34 heavy (non-hydrogen) atoms. The van der Waals surface area contributed by atoms with Gasteiger partial charge >= 0.3 is 0 Å². The zero-order valence-corrected chi connectivity index (χ0v) is 19.9. The number of carbonyl (C=O) groups is 1. The molecule has 2 aliphatic rings. The van der Waals surface area contributed by atoms with Gasteiger partial charge in [-0.2, -0.15) is 5.10 Å². The van der Waals surface area contributed by atoms with Gasteiger partial charge in [-0.3, -0.25) is 9.89 Å². The molecule has 0 bridgehead atoms. The molecule has 1 fully saturated rings. The number of carbonyl (C=O) groups excluding carboxylic acids is 1. The minimum absolute atomic E-state index is 0.0391. The van der Waals surface area contributed by atoms with Crippen molar-refractivity contribution < 1.29 is 14.3 Å². The van der Waals surface area contributed by atoms with Gasteiger partial charge in [0.25, 0.3) is 0 Å². The van der Waals surface area contributed by atoms with E-state index in [1.807, 2.05) is 42.7 Å². The van der Waals surface area contributed by atoms with Gasteiger partial charge in [-0.1, -0.05) is 6.07 Å². The van der Waals surface area contributed by atoms with E-state index in [9.17, 15) is 4.79 Å². The van der Waals surface area contributed by atoms with Gasteiger partial charge in [-0.15, -0.1) is 0 Å². The molecule has 2 aromatic carbocycles. The molecule has 0 aliphatic carbocycles. The lowest BCUT2D eigenvalue weighted by atomic mass is 9.95. The summed E-state index contributed by atoms with van der Waals surface area (Å²) in [7, 11) is 5.90. The predicted octanol–water partition coefficient (Wildman–Crippen LogP) is 3.42. The quantitative estimate of drug-likeness (QED) is 0.585. The summed E-state index contributed by atoms with van der Waals surface area (Å²) in [5.41, 5.74) is 4.88. The number of nitrogens with zero attached hydrogens (tertiary/aromatic N) is 3. The molecular formula is C26H31N5O3. The number of nitrogens with one attached hydrogen (secondary N) is 2. The van der Waals surface area contributed by atoms with Crippen molar-refractivity contribution in [2.45, 2.75) is 18.9 Å². The Morgan fingerprint density at radius 2 is 2.15 bits per heavy atom. The van der Waals surface area contributed by atoms with Gasteiger partial charge in [0.2, 0.25) is 5.91 Å². The number of methoxy groups -OCH3 is 1. The molecule has 2 atom stereocenters. The van der Waals surface area contributed by atoms with Gasteiger partial charge < -0.3 is 24.6 Å². The second kappa shape index (κ2) is 9.38. The summed E-state index contributed by atoms with van der Waals surface area (Å²) in [4.78, 5) is 18.0. The molecule has 1 amide bonds. The van der Waals surface area contributed by atoms with E-state index in [4.69, 9.17) is 9.47 Å². The summed E-state index contributed by atoms with van der Waals surface area (Å²) < 4.78 is 11.2. The molecule has 3 aromatic rings.